The average Bonchev–Trinajstić information content (AvgIpc) is 2.34. The molecule has 0 saturated heterocycles. The van der Waals surface area contributed by atoms with E-state index in [4.69, 9.17) is 5.11 Å². The van der Waals surface area contributed by atoms with Crippen molar-refractivity contribution in [2.45, 2.75) is 20.4 Å². The monoisotopic (exact) mass is 259 g/mol. The number of carboxylic acid groups (broad SMARTS) is 1. The smallest absolute Gasteiger partial charge is 0.354 e. The normalized spacial score (nSPS) is 10.4. The van der Waals surface area contributed by atoms with Crippen molar-refractivity contribution in [3.8, 4) is 0 Å². The standard InChI is InChI=1S/C13H13N3O3/c1-8-5-9(2)16(13(19)15-8)7-10-3-4-14-11(6-10)12(17)18/h3-6H,7H2,1-2H3,(H,17,18). The SMILES string of the molecule is Cc1cc(C)n(Cc2ccnc(C(=O)O)c2)c(=O)n1. The lowest BCUT2D eigenvalue weighted by molar-refractivity contribution is 0.0690. The number of carboxylic acids is 1. The Bertz CT molecular complexity index is 692. The van der Waals surface area contributed by atoms with Gasteiger partial charge < -0.3 is 5.11 Å². The van der Waals surface area contributed by atoms with Crippen LogP contribution in [-0.4, -0.2) is 25.6 Å². The van der Waals surface area contributed by atoms with Crippen LogP contribution in [0.2, 0.25) is 0 Å². The van der Waals surface area contributed by atoms with Gasteiger partial charge in [-0.15, -0.1) is 0 Å². The molecule has 2 rings (SSSR count). The van der Waals surface area contributed by atoms with Gasteiger partial charge in [0.1, 0.15) is 5.69 Å². The van der Waals surface area contributed by atoms with Gasteiger partial charge in [0.25, 0.3) is 0 Å². The fraction of sp³-hybridized carbons (Fsp3) is 0.231. The first kappa shape index (κ1) is 12.9. The molecule has 6 heteroatoms. The quantitative estimate of drug-likeness (QED) is 0.888. The first-order chi connectivity index (χ1) is 8.97. The second-order valence-electron chi connectivity index (χ2n) is 4.26. The third-order valence-corrected chi connectivity index (χ3v) is 2.73. The molecule has 0 aliphatic heterocycles. The number of hydrogen-bond donors (Lipinski definition) is 1. The number of nitrogens with zero attached hydrogens (tertiary/aromatic N) is 3. The van der Waals surface area contributed by atoms with Gasteiger partial charge in [-0.25, -0.2) is 14.6 Å². The van der Waals surface area contributed by atoms with Crippen molar-refractivity contribution < 1.29 is 9.90 Å². The summed E-state index contributed by atoms with van der Waals surface area (Å²) in [5.74, 6) is -1.09. The topological polar surface area (TPSA) is 85.1 Å². The highest BCUT2D eigenvalue weighted by Crippen LogP contribution is 2.06. The van der Waals surface area contributed by atoms with Crippen LogP contribution >= 0.6 is 0 Å². The van der Waals surface area contributed by atoms with Crippen molar-refractivity contribution in [3.05, 3.63) is 57.5 Å². The van der Waals surface area contributed by atoms with E-state index in [-0.39, 0.29) is 17.9 Å². The van der Waals surface area contributed by atoms with Gasteiger partial charge in [0.05, 0.1) is 6.54 Å². The molecule has 0 fully saturated rings. The molecule has 0 saturated carbocycles. The number of carbonyl (C=O) groups is 1. The van der Waals surface area contributed by atoms with Crippen LogP contribution in [0.1, 0.15) is 27.4 Å². The van der Waals surface area contributed by atoms with Gasteiger partial charge in [-0.2, -0.15) is 4.98 Å². The first-order valence-corrected chi connectivity index (χ1v) is 5.70. The van der Waals surface area contributed by atoms with E-state index < -0.39 is 5.97 Å². The highest BCUT2D eigenvalue weighted by Gasteiger charge is 2.08. The summed E-state index contributed by atoms with van der Waals surface area (Å²) in [5.41, 5.74) is 1.77. The summed E-state index contributed by atoms with van der Waals surface area (Å²) in [4.78, 5) is 30.2. The van der Waals surface area contributed by atoms with E-state index in [0.717, 1.165) is 5.69 Å². The molecule has 0 aliphatic carbocycles. The summed E-state index contributed by atoms with van der Waals surface area (Å²) < 4.78 is 1.49. The Labute approximate surface area is 109 Å². The van der Waals surface area contributed by atoms with Crippen LogP contribution in [0.15, 0.2) is 29.2 Å². The fourth-order valence-electron chi connectivity index (χ4n) is 1.84. The number of rotatable bonds is 3. The van der Waals surface area contributed by atoms with Crippen molar-refractivity contribution in [3.63, 3.8) is 0 Å². The summed E-state index contributed by atoms with van der Waals surface area (Å²) in [6.45, 7) is 3.85. The number of hydrogen-bond acceptors (Lipinski definition) is 4. The Morgan fingerprint density at radius 1 is 1.37 bits per heavy atom. The zero-order valence-corrected chi connectivity index (χ0v) is 10.6. The molecule has 6 nitrogen and oxygen atoms in total. The van der Waals surface area contributed by atoms with Gasteiger partial charge >= 0.3 is 11.7 Å². The van der Waals surface area contributed by atoms with Gasteiger partial charge in [0.2, 0.25) is 0 Å². The van der Waals surface area contributed by atoms with Crippen molar-refractivity contribution in [1.82, 2.24) is 14.5 Å². The molecule has 1 N–H and O–H groups in total. The lowest BCUT2D eigenvalue weighted by atomic mass is 10.2. The van der Waals surface area contributed by atoms with E-state index in [1.807, 2.05) is 6.92 Å². The first-order valence-electron chi connectivity index (χ1n) is 5.70. The lowest BCUT2D eigenvalue weighted by Crippen LogP contribution is -2.26. The molecular weight excluding hydrogens is 246 g/mol. The van der Waals surface area contributed by atoms with Crippen molar-refractivity contribution in [2.24, 2.45) is 0 Å². The molecule has 2 aromatic heterocycles. The van der Waals surface area contributed by atoms with Crippen LogP contribution in [0.4, 0.5) is 0 Å². The Morgan fingerprint density at radius 3 is 2.74 bits per heavy atom. The second-order valence-corrected chi connectivity index (χ2v) is 4.26. The molecule has 0 atom stereocenters. The number of aromatic carboxylic acids is 1. The average molecular weight is 259 g/mol. The van der Waals surface area contributed by atoms with E-state index in [2.05, 4.69) is 9.97 Å². The summed E-state index contributed by atoms with van der Waals surface area (Å²) in [7, 11) is 0. The predicted molar refractivity (Wildman–Crippen MR) is 68.3 cm³/mol. The molecule has 98 valence electrons. The minimum Gasteiger partial charge on any atom is -0.477 e. The number of pyridine rings is 1. The predicted octanol–water partition coefficient (Wildman–Crippen LogP) is 1.00. The van der Waals surface area contributed by atoms with Crippen LogP contribution < -0.4 is 5.69 Å². The third kappa shape index (κ3) is 2.85. The van der Waals surface area contributed by atoms with Crippen LogP contribution in [0, 0.1) is 13.8 Å². The summed E-state index contributed by atoms with van der Waals surface area (Å²) in [6, 6.07) is 4.94. The molecule has 0 unspecified atom stereocenters. The molecule has 0 radical (unpaired) electrons. The largest absolute Gasteiger partial charge is 0.477 e. The minimum absolute atomic E-state index is 0.0386. The van der Waals surface area contributed by atoms with Crippen LogP contribution in [0.3, 0.4) is 0 Å². The Morgan fingerprint density at radius 2 is 2.11 bits per heavy atom. The highest BCUT2D eigenvalue weighted by atomic mass is 16.4. The molecule has 2 aromatic rings. The lowest BCUT2D eigenvalue weighted by Gasteiger charge is -2.09. The minimum atomic E-state index is -1.09. The maximum atomic E-state index is 11.8. The molecule has 0 bridgehead atoms. The molecule has 19 heavy (non-hydrogen) atoms. The van der Waals surface area contributed by atoms with Crippen LogP contribution in [0.25, 0.3) is 0 Å². The second kappa shape index (κ2) is 5.01. The molecule has 0 aliphatic rings. The van der Waals surface area contributed by atoms with Crippen molar-refractivity contribution >= 4 is 5.97 Å². The molecule has 2 heterocycles. The summed E-state index contributed by atoms with van der Waals surface area (Å²) in [5, 5.41) is 8.88. The van der Waals surface area contributed by atoms with E-state index in [9.17, 15) is 9.59 Å². The van der Waals surface area contributed by atoms with Gasteiger partial charge in [-0.1, -0.05) is 0 Å². The fourth-order valence-corrected chi connectivity index (χ4v) is 1.84. The van der Waals surface area contributed by atoms with Gasteiger partial charge in [0, 0.05) is 17.6 Å². The maximum absolute atomic E-state index is 11.8. The van der Waals surface area contributed by atoms with Crippen molar-refractivity contribution in [1.29, 1.82) is 0 Å². The maximum Gasteiger partial charge on any atom is 0.354 e. The summed E-state index contributed by atoms with van der Waals surface area (Å²) in [6.07, 6.45) is 1.42. The van der Waals surface area contributed by atoms with Crippen molar-refractivity contribution in [2.75, 3.05) is 0 Å². The zero-order chi connectivity index (χ0) is 14.0. The molecule has 0 aromatic carbocycles. The number of aromatic nitrogens is 3. The van der Waals surface area contributed by atoms with Crippen LogP contribution in [0.5, 0.6) is 0 Å². The molecule has 0 amide bonds. The zero-order valence-electron chi connectivity index (χ0n) is 10.6. The Kier molecular flexibility index (Phi) is 3.41. The van der Waals surface area contributed by atoms with Gasteiger partial charge in [-0.05, 0) is 37.6 Å². The van der Waals surface area contributed by atoms with Crippen LogP contribution in [-0.2, 0) is 6.54 Å². The number of aryl methyl sites for hydroxylation is 2. The molecule has 0 spiro atoms. The Hall–Kier alpha value is -2.50. The highest BCUT2D eigenvalue weighted by molar-refractivity contribution is 5.85. The summed E-state index contributed by atoms with van der Waals surface area (Å²) >= 11 is 0. The third-order valence-electron chi connectivity index (χ3n) is 2.73. The molecular formula is C13H13N3O3. The van der Waals surface area contributed by atoms with Gasteiger partial charge in [-0.3, -0.25) is 4.57 Å². The van der Waals surface area contributed by atoms with E-state index >= 15 is 0 Å². The van der Waals surface area contributed by atoms with E-state index in [1.165, 1.54) is 16.8 Å². The Balaban J connectivity index is 2.39. The van der Waals surface area contributed by atoms with E-state index in [0.29, 0.717) is 11.3 Å². The van der Waals surface area contributed by atoms with E-state index in [1.54, 1.807) is 19.1 Å². The van der Waals surface area contributed by atoms with Gasteiger partial charge in [0.15, 0.2) is 0 Å².